The van der Waals surface area contributed by atoms with Crippen LogP contribution in [0.4, 0.5) is 16.2 Å². The molecule has 4 nitrogen and oxygen atoms in total. The number of carbonyl (C=O) groups is 1. The number of para-hydroxylation sites is 2. The highest BCUT2D eigenvalue weighted by Gasteiger charge is 2.35. The monoisotopic (exact) mass is 455 g/mol. The van der Waals surface area contributed by atoms with E-state index in [1.54, 1.807) is 0 Å². The van der Waals surface area contributed by atoms with Crippen molar-refractivity contribution in [1.82, 2.24) is 5.32 Å². The summed E-state index contributed by atoms with van der Waals surface area (Å²) in [5.41, 5.74) is 6.43. The lowest BCUT2D eigenvalue weighted by atomic mass is 9.84. The molecule has 0 unspecified atom stereocenters. The lowest BCUT2D eigenvalue weighted by molar-refractivity contribution is 0.249. The first-order valence-electron chi connectivity index (χ1n) is 12.4. The van der Waals surface area contributed by atoms with E-state index in [1.165, 1.54) is 11.1 Å². The summed E-state index contributed by atoms with van der Waals surface area (Å²) in [6.45, 7) is 9.15. The fourth-order valence-electron chi connectivity index (χ4n) is 5.01. The first kappa shape index (κ1) is 23.9. The van der Waals surface area contributed by atoms with Crippen molar-refractivity contribution in [3.8, 4) is 11.1 Å². The first-order chi connectivity index (χ1) is 16.3. The van der Waals surface area contributed by atoms with Crippen LogP contribution >= 0.6 is 0 Å². The zero-order valence-electron chi connectivity index (χ0n) is 20.9. The van der Waals surface area contributed by atoms with Crippen LogP contribution in [0.25, 0.3) is 11.1 Å². The van der Waals surface area contributed by atoms with Crippen molar-refractivity contribution < 1.29 is 4.79 Å². The summed E-state index contributed by atoms with van der Waals surface area (Å²) in [5.74, 6) is 0. The van der Waals surface area contributed by atoms with Gasteiger partial charge in [-0.2, -0.15) is 0 Å². The predicted octanol–water partition coefficient (Wildman–Crippen LogP) is 7.51. The highest BCUT2D eigenvalue weighted by molar-refractivity contribution is 5.91. The van der Waals surface area contributed by atoms with Crippen molar-refractivity contribution in [2.75, 3.05) is 17.2 Å². The maximum absolute atomic E-state index is 13.0. The third kappa shape index (κ3) is 5.44. The second-order valence-electron chi connectivity index (χ2n) is 10.6. The Morgan fingerprint density at radius 3 is 2.26 bits per heavy atom. The van der Waals surface area contributed by atoms with Gasteiger partial charge in [-0.3, -0.25) is 0 Å². The summed E-state index contributed by atoms with van der Waals surface area (Å²) < 4.78 is 0. The van der Waals surface area contributed by atoms with Crippen LogP contribution in [0, 0.1) is 6.92 Å². The molecule has 3 aromatic carbocycles. The minimum absolute atomic E-state index is 0.0516. The molecule has 0 aliphatic heterocycles. The van der Waals surface area contributed by atoms with Crippen LogP contribution in [0.1, 0.15) is 57.6 Å². The Hall–Kier alpha value is -3.27. The second kappa shape index (κ2) is 9.92. The Labute approximate surface area is 204 Å². The highest BCUT2D eigenvalue weighted by Crippen LogP contribution is 2.37. The maximum atomic E-state index is 13.0. The van der Waals surface area contributed by atoms with Crippen LogP contribution in [-0.4, -0.2) is 18.1 Å². The average molecular weight is 456 g/mol. The van der Waals surface area contributed by atoms with Crippen LogP contribution in [0.5, 0.6) is 0 Å². The number of anilines is 2. The Morgan fingerprint density at radius 1 is 0.882 bits per heavy atom. The third-order valence-corrected chi connectivity index (χ3v) is 6.88. The Bertz CT molecular complexity index is 1130. The topological polar surface area (TPSA) is 53.2 Å². The van der Waals surface area contributed by atoms with Crippen LogP contribution < -0.4 is 16.0 Å². The smallest absolute Gasteiger partial charge is 0.319 e. The van der Waals surface area contributed by atoms with Crippen molar-refractivity contribution >= 4 is 17.4 Å². The molecule has 0 atom stereocenters. The molecule has 178 valence electrons. The highest BCUT2D eigenvalue weighted by atomic mass is 16.2. The molecule has 0 radical (unpaired) electrons. The van der Waals surface area contributed by atoms with E-state index in [0.29, 0.717) is 6.54 Å². The second-order valence-corrected chi connectivity index (χ2v) is 10.6. The zero-order chi connectivity index (χ0) is 24.2. The molecule has 4 rings (SSSR count). The molecule has 1 fully saturated rings. The number of rotatable bonds is 6. The lowest BCUT2D eigenvalue weighted by Crippen LogP contribution is -2.48. The minimum Gasteiger partial charge on any atom is -0.377 e. The van der Waals surface area contributed by atoms with Crippen LogP contribution in [0.2, 0.25) is 0 Å². The Balaban J connectivity index is 1.50. The van der Waals surface area contributed by atoms with Crippen molar-refractivity contribution in [3.63, 3.8) is 0 Å². The number of hydrogen-bond donors (Lipinski definition) is 3. The van der Waals surface area contributed by atoms with Crippen LogP contribution in [-0.2, 0) is 5.41 Å². The average Bonchev–Trinajstić information content (AvgIpc) is 3.28. The van der Waals surface area contributed by atoms with Gasteiger partial charge in [-0.25, -0.2) is 4.79 Å². The van der Waals surface area contributed by atoms with Gasteiger partial charge in [0.25, 0.3) is 0 Å². The Kier molecular flexibility index (Phi) is 6.97. The number of aryl methyl sites for hydroxylation is 1. The molecule has 0 bridgehead atoms. The molecule has 1 saturated carbocycles. The van der Waals surface area contributed by atoms with Crippen molar-refractivity contribution in [3.05, 3.63) is 83.9 Å². The summed E-state index contributed by atoms with van der Waals surface area (Å²) in [5, 5.41) is 10.2. The molecule has 3 aromatic rings. The fraction of sp³-hybridized carbons (Fsp3) is 0.367. The maximum Gasteiger partial charge on any atom is 0.319 e. The number of carbonyl (C=O) groups excluding carboxylic acids is 1. The quantitative estimate of drug-likeness (QED) is 0.360. The number of benzene rings is 3. The number of hydrogen-bond acceptors (Lipinski definition) is 2. The standard InChI is InChI=1S/C30H37N3O/c1-22-13-12-17-25(29(2,3)4)27(22)32-28(34)31-21-30(19-10-11-20-30)33-26-18-9-8-16-24(26)23-14-6-5-7-15-23/h5-9,12-18,33H,10-11,19-21H2,1-4H3,(H2,31,32,34). The van der Waals surface area contributed by atoms with E-state index in [0.717, 1.165) is 48.2 Å². The van der Waals surface area contributed by atoms with Gasteiger partial charge in [0.2, 0.25) is 0 Å². The number of urea groups is 1. The molecule has 34 heavy (non-hydrogen) atoms. The van der Waals surface area contributed by atoms with Gasteiger partial charge in [0.1, 0.15) is 0 Å². The van der Waals surface area contributed by atoms with Crippen molar-refractivity contribution in [2.45, 2.75) is 64.3 Å². The molecular formula is C30H37N3O. The van der Waals surface area contributed by atoms with Crippen molar-refractivity contribution in [2.24, 2.45) is 0 Å². The molecule has 2 amide bonds. The van der Waals surface area contributed by atoms with Gasteiger partial charge in [-0.05, 0) is 47.9 Å². The minimum atomic E-state index is -0.152. The van der Waals surface area contributed by atoms with Gasteiger partial charge < -0.3 is 16.0 Å². The molecule has 0 aromatic heterocycles. The number of amides is 2. The molecule has 0 heterocycles. The zero-order valence-corrected chi connectivity index (χ0v) is 20.9. The van der Waals surface area contributed by atoms with Gasteiger partial charge in [-0.15, -0.1) is 0 Å². The van der Waals surface area contributed by atoms with Gasteiger partial charge >= 0.3 is 6.03 Å². The molecule has 3 N–H and O–H groups in total. The molecule has 0 spiro atoms. The van der Waals surface area contributed by atoms with E-state index in [9.17, 15) is 4.79 Å². The Morgan fingerprint density at radius 2 is 1.56 bits per heavy atom. The van der Waals surface area contributed by atoms with E-state index in [1.807, 2.05) is 19.1 Å². The molecule has 0 saturated heterocycles. The summed E-state index contributed by atoms with van der Waals surface area (Å²) in [6, 6.07) is 25.0. The summed E-state index contributed by atoms with van der Waals surface area (Å²) in [4.78, 5) is 13.0. The van der Waals surface area contributed by atoms with Gasteiger partial charge in [0.15, 0.2) is 0 Å². The van der Waals surface area contributed by atoms with E-state index >= 15 is 0 Å². The molecule has 1 aliphatic rings. The predicted molar refractivity (Wildman–Crippen MR) is 144 cm³/mol. The van der Waals surface area contributed by atoms with Gasteiger partial charge in [-0.1, -0.05) is 100 Å². The summed E-state index contributed by atoms with van der Waals surface area (Å²) >= 11 is 0. The van der Waals surface area contributed by atoms with E-state index in [4.69, 9.17) is 0 Å². The summed E-state index contributed by atoms with van der Waals surface area (Å²) in [6.07, 6.45) is 4.40. The fourth-order valence-corrected chi connectivity index (χ4v) is 5.01. The first-order valence-corrected chi connectivity index (χ1v) is 12.4. The molecule has 1 aliphatic carbocycles. The van der Waals surface area contributed by atoms with E-state index in [-0.39, 0.29) is 17.0 Å². The van der Waals surface area contributed by atoms with Crippen LogP contribution in [0.15, 0.2) is 72.8 Å². The number of nitrogens with one attached hydrogen (secondary N) is 3. The van der Waals surface area contributed by atoms with E-state index < -0.39 is 0 Å². The lowest BCUT2D eigenvalue weighted by Gasteiger charge is -2.33. The normalized spacial score (nSPS) is 15.1. The largest absolute Gasteiger partial charge is 0.377 e. The summed E-state index contributed by atoms with van der Waals surface area (Å²) in [7, 11) is 0. The van der Waals surface area contributed by atoms with Gasteiger partial charge in [0, 0.05) is 23.5 Å². The van der Waals surface area contributed by atoms with Gasteiger partial charge in [0.05, 0.1) is 5.54 Å². The molecule has 4 heteroatoms. The van der Waals surface area contributed by atoms with Crippen LogP contribution in [0.3, 0.4) is 0 Å². The van der Waals surface area contributed by atoms with Crippen molar-refractivity contribution in [1.29, 1.82) is 0 Å². The molecular weight excluding hydrogens is 418 g/mol. The van der Waals surface area contributed by atoms with E-state index in [2.05, 4.69) is 97.4 Å². The SMILES string of the molecule is Cc1cccc(C(C)(C)C)c1NC(=O)NCC1(Nc2ccccc2-c2ccccc2)CCCC1. The third-order valence-electron chi connectivity index (χ3n) is 6.88.